The molecule has 1 aliphatic carbocycles. The first-order valence-electron chi connectivity index (χ1n) is 11.4. The van der Waals surface area contributed by atoms with Crippen molar-refractivity contribution in [2.45, 2.75) is 78.9 Å². The fraction of sp³-hybridized carbons (Fsp3) is 0.538. The fourth-order valence-corrected chi connectivity index (χ4v) is 5.13. The van der Waals surface area contributed by atoms with E-state index in [1.54, 1.807) is 11.3 Å². The molecule has 31 heavy (non-hydrogen) atoms. The molecule has 1 saturated carbocycles. The minimum Gasteiger partial charge on any atom is -0.332 e. The van der Waals surface area contributed by atoms with Gasteiger partial charge in [-0.25, -0.2) is 0 Å². The number of amides is 2. The van der Waals surface area contributed by atoms with E-state index in [4.69, 9.17) is 0 Å². The van der Waals surface area contributed by atoms with Crippen LogP contribution in [-0.4, -0.2) is 34.2 Å². The molecule has 0 aliphatic heterocycles. The van der Waals surface area contributed by atoms with E-state index >= 15 is 0 Å². The molecule has 0 radical (unpaired) electrons. The van der Waals surface area contributed by atoms with Crippen LogP contribution in [0.2, 0.25) is 0 Å². The van der Waals surface area contributed by atoms with E-state index in [0.717, 1.165) is 31.2 Å². The van der Waals surface area contributed by atoms with Crippen molar-refractivity contribution in [2.75, 3.05) is 6.54 Å². The van der Waals surface area contributed by atoms with Gasteiger partial charge in [0, 0.05) is 22.9 Å². The van der Waals surface area contributed by atoms with Gasteiger partial charge in [0.1, 0.15) is 6.54 Å². The summed E-state index contributed by atoms with van der Waals surface area (Å²) in [7, 11) is 0. The highest BCUT2D eigenvalue weighted by atomic mass is 32.1. The molecule has 0 atom stereocenters. The zero-order valence-electron chi connectivity index (χ0n) is 19.4. The van der Waals surface area contributed by atoms with Crippen molar-refractivity contribution in [1.82, 2.24) is 9.80 Å². The SMILES string of the molecule is Cc1ccsc1CN(Cc1ccccc1)C(=O)CN(C(=O)C(C)(C)C)C1CCCCC1. The zero-order chi connectivity index (χ0) is 22.4. The minimum atomic E-state index is -0.494. The highest BCUT2D eigenvalue weighted by molar-refractivity contribution is 7.10. The van der Waals surface area contributed by atoms with Crippen LogP contribution in [0.25, 0.3) is 0 Å². The molecule has 1 aromatic heterocycles. The first-order chi connectivity index (χ1) is 14.8. The van der Waals surface area contributed by atoms with Gasteiger partial charge in [0.2, 0.25) is 11.8 Å². The minimum absolute atomic E-state index is 0.0276. The van der Waals surface area contributed by atoms with E-state index in [1.807, 2.05) is 48.8 Å². The Morgan fingerprint density at radius 1 is 1.00 bits per heavy atom. The van der Waals surface area contributed by atoms with Crippen LogP contribution in [0.5, 0.6) is 0 Å². The monoisotopic (exact) mass is 440 g/mol. The predicted octanol–water partition coefficient (Wildman–Crippen LogP) is 5.79. The second-order valence-electron chi connectivity index (χ2n) is 9.74. The van der Waals surface area contributed by atoms with Crippen LogP contribution in [0.3, 0.4) is 0 Å². The molecule has 2 amide bonds. The van der Waals surface area contributed by atoms with Crippen molar-refractivity contribution in [1.29, 1.82) is 0 Å². The van der Waals surface area contributed by atoms with E-state index in [1.165, 1.54) is 16.9 Å². The lowest BCUT2D eigenvalue weighted by Gasteiger charge is -2.38. The Bertz CT molecular complexity index is 863. The van der Waals surface area contributed by atoms with Gasteiger partial charge in [-0.3, -0.25) is 9.59 Å². The third kappa shape index (κ3) is 6.42. The van der Waals surface area contributed by atoms with Crippen LogP contribution < -0.4 is 0 Å². The average Bonchev–Trinajstić information content (AvgIpc) is 3.16. The Kier molecular flexibility index (Phi) is 7.93. The van der Waals surface area contributed by atoms with Crippen LogP contribution in [0, 0.1) is 12.3 Å². The first-order valence-corrected chi connectivity index (χ1v) is 12.3. The molecule has 1 fully saturated rings. The summed E-state index contributed by atoms with van der Waals surface area (Å²) in [5, 5.41) is 2.08. The summed E-state index contributed by atoms with van der Waals surface area (Å²) in [6.45, 7) is 9.25. The summed E-state index contributed by atoms with van der Waals surface area (Å²) in [5.74, 6) is 0.111. The molecule has 1 aliphatic rings. The van der Waals surface area contributed by atoms with Crippen molar-refractivity contribution in [3.63, 3.8) is 0 Å². The normalized spacial score (nSPS) is 15.0. The van der Waals surface area contributed by atoms with Gasteiger partial charge in [0.15, 0.2) is 0 Å². The van der Waals surface area contributed by atoms with Gasteiger partial charge < -0.3 is 9.80 Å². The molecule has 0 bridgehead atoms. The molecule has 3 rings (SSSR count). The van der Waals surface area contributed by atoms with Crippen molar-refractivity contribution >= 4 is 23.2 Å². The zero-order valence-corrected chi connectivity index (χ0v) is 20.2. The summed E-state index contributed by atoms with van der Waals surface area (Å²) in [6.07, 6.45) is 5.49. The molecule has 2 aromatic rings. The maximum atomic E-state index is 13.6. The van der Waals surface area contributed by atoms with Crippen molar-refractivity contribution < 1.29 is 9.59 Å². The van der Waals surface area contributed by atoms with Gasteiger partial charge in [0.05, 0.1) is 6.54 Å². The van der Waals surface area contributed by atoms with E-state index in [-0.39, 0.29) is 24.4 Å². The van der Waals surface area contributed by atoms with Gasteiger partial charge in [-0.15, -0.1) is 11.3 Å². The van der Waals surface area contributed by atoms with Crippen molar-refractivity contribution in [3.05, 3.63) is 57.8 Å². The number of thiophene rings is 1. The lowest BCUT2D eigenvalue weighted by Crippen LogP contribution is -2.51. The molecule has 0 saturated heterocycles. The van der Waals surface area contributed by atoms with Crippen LogP contribution >= 0.6 is 11.3 Å². The highest BCUT2D eigenvalue weighted by Gasteiger charge is 2.34. The van der Waals surface area contributed by atoms with Gasteiger partial charge in [-0.05, 0) is 42.3 Å². The van der Waals surface area contributed by atoms with Gasteiger partial charge in [-0.2, -0.15) is 0 Å². The molecule has 0 spiro atoms. The first kappa shape index (κ1) is 23.5. The Morgan fingerprint density at radius 2 is 1.68 bits per heavy atom. The number of benzene rings is 1. The summed E-state index contributed by atoms with van der Waals surface area (Å²) in [4.78, 5) is 31.9. The van der Waals surface area contributed by atoms with Gasteiger partial charge in [-0.1, -0.05) is 70.4 Å². The number of carbonyl (C=O) groups excluding carboxylic acids is 2. The third-order valence-electron chi connectivity index (χ3n) is 6.10. The number of nitrogens with zero attached hydrogens (tertiary/aromatic N) is 2. The van der Waals surface area contributed by atoms with Crippen molar-refractivity contribution in [3.8, 4) is 0 Å². The second kappa shape index (κ2) is 10.4. The largest absolute Gasteiger partial charge is 0.332 e. The quantitative estimate of drug-likeness (QED) is 0.546. The number of carbonyl (C=O) groups is 2. The van der Waals surface area contributed by atoms with E-state index in [9.17, 15) is 9.59 Å². The predicted molar refractivity (Wildman–Crippen MR) is 128 cm³/mol. The number of hydrogen-bond acceptors (Lipinski definition) is 3. The average molecular weight is 441 g/mol. The number of hydrogen-bond donors (Lipinski definition) is 0. The lowest BCUT2D eigenvalue weighted by molar-refractivity contribution is -0.149. The van der Waals surface area contributed by atoms with Crippen LogP contribution in [-0.2, 0) is 22.7 Å². The molecule has 0 unspecified atom stereocenters. The Balaban J connectivity index is 1.82. The van der Waals surface area contributed by atoms with E-state index < -0.39 is 5.41 Å². The summed E-state index contributed by atoms with van der Waals surface area (Å²) < 4.78 is 0. The van der Waals surface area contributed by atoms with Gasteiger partial charge in [0.25, 0.3) is 0 Å². The fourth-order valence-electron chi connectivity index (χ4n) is 4.21. The summed E-state index contributed by atoms with van der Waals surface area (Å²) >= 11 is 1.69. The summed E-state index contributed by atoms with van der Waals surface area (Å²) in [5.41, 5.74) is 1.83. The molecule has 4 nitrogen and oxygen atoms in total. The van der Waals surface area contributed by atoms with E-state index in [0.29, 0.717) is 13.1 Å². The maximum absolute atomic E-state index is 13.6. The molecule has 0 N–H and O–H groups in total. The third-order valence-corrected chi connectivity index (χ3v) is 7.10. The molecular formula is C26H36N2O2S. The van der Waals surface area contributed by atoms with E-state index in [2.05, 4.69) is 30.5 Å². The molecule has 1 heterocycles. The van der Waals surface area contributed by atoms with Crippen LogP contribution in [0.15, 0.2) is 41.8 Å². The number of rotatable bonds is 7. The van der Waals surface area contributed by atoms with Crippen molar-refractivity contribution in [2.24, 2.45) is 5.41 Å². The second-order valence-corrected chi connectivity index (χ2v) is 10.7. The Hall–Kier alpha value is -2.14. The maximum Gasteiger partial charge on any atom is 0.242 e. The smallest absolute Gasteiger partial charge is 0.242 e. The lowest BCUT2D eigenvalue weighted by atomic mass is 9.89. The highest BCUT2D eigenvalue weighted by Crippen LogP contribution is 2.28. The number of aryl methyl sites for hydroxylation is 1. The summed E-state index contributed by atoms with van der Waals surface area (Å²) in [6, 6.07) is 12.4. The van der Waals surface area contributed by atoms with Crippen LogP contribution in [0.4, 0.5) is 0 Å². The molecule has 168 valence electrons. The van der Waals surface area contributed by atoms with Crippen LogP contribution in [0.1, 0.15) is 68.9 Å². The molecular weight excluding hydrogens is 404 g/mol. The Labute approximate surface area is 191 Å². The Morgan fingerprint density at radius 3 is 2.26 bits per heavy atom. The standard InChI is InChI=1S/C26H36N2O2S/c1-20-15-16-31-23(20)18-27(17-21-11-7-5-8-12-21)24(29)19-28(25(30)26(2,3)4)22-13-9-6-10-14-22/h5,7-8,11-12,15-16,22H,6,9-10,13-14,17-19H2,1-4H3. The topological polar surface area (TPSA) is 40.6 Å². The molecule has 5 heteroatoms. The van der Waals surface area contributed by atoms with Gasteiger partial charge >= 0.3 is 0 Å². The molecule has 1 aromatic carbocycles.